The van der Waals surface area contributed by atoms with Crippen LogP contribution in [0, 0.1) is 5.92 Å². The van der Waals surface area contributed by atoms with Crippen molar-refractivity contribution in [3.8, 4) is 11.5 Å². The van der Waals surface area contributed by atoms with E-state index in [1.54, 1.807) is 29.1 Å². The van der Waals surface area contributed by atoms with Gasteiger partial charge in [0.1, 0.15) is 23.5 Å². The van der Waals surface area contributed by atoms with Crippen molar-refractivity contribution in [1.29, 1.82) is 0 Å². The minimum atomic E-state index is -0.302. The third-order valence-electron chi connectivity index (χ3n) is 5.56. The van der Waals surface area contributed by atoms with Gasteiger partial charge >= 0.3 is 0 Å². The summed E-state index contributed by atoms with van der Waals surface area (Å²) in [5.74, 6) is 1.23. The Morgan fingerprint density at radius 2 is 2.09 bits per heavy atom. The summed E-state index contributed by atoms with van der Waals surface area (Å²) in [6.07, 6.45) is 4.33. The second-order valence-corrected chi connectivity index (χ2v) is 8.67. The van der Waals surface area contributed by atoms with Crippen LogP contribution >= 0.6 is 0 Å². The molecule has 0 aliphatic carbocycles. The number of hydrogen-bond acceptors (Lipinski definition) is 7. The molecular formula is C23H29N7O2. The Bertz CT molecular complexity index is 1100. The van der Waals surface area contributed by atoms with Crippen molar-refractivity contribution in [2.75, 3.05) is 25.0 Å². The standard InChI is InChI=1S/C23H29N7O2/c1-15(2)11-29-8-7-17-10-24-20(9-18(17)12-29)23(32)27-21-6-4-5-19(26-21)22-28-25-14-30(22)16(3)13-31/h4-6,9-10,14-16,31H,7-8,11-13H2,1-3H3,(H,26,27,32)/t16-/m1/s1. The van der Waals surface area contributed by atoms with Gasteiger partial charge in [0.05, 0.1) is 12.6 Å². The van der Waals surface area contributed by atoms with Gasteiger partial charge in [0, 0.05) is 25.8 Å². The summed E-state index contributed by atoms with van der Waals surface area (Å²) < 4.78 is 1.75. The summed E-state index contributed by atoms with van der Waals surface area (Å²) >= 11 is 0. The molecular weight excluding hydrogens is 406 g/mol. The van der Waals surface area contributed by atoms with Crippen molar-refractivity contribution in [1.82, 2.24) is 29.6 Å². The molecule has 0 aromatic carbocycles. The Kier molecular flexibility index (Phi) is 6.57. The van der Waals surface area contributed by atoms with Crippen molar-refractivity contribution in [3.63, 3.8) is 0 Å². The molecule has 0 unspecified atom stereocenters. The normalized spacial score (nSPS) is 14.9. The van der Waals surface area contributed by atoms with E-state index in [-0.39, 0.29) is 18.6 Å². The van der Waals surface area contributed by atoms with Gasteiger partial charge in [0.2, 0.25) is 0 Å². The molecule has 1 aliphatic heterocycles. The first-order chi connectivity index (χ1) is 15.4. The maximum Gasteiger partial charge on any atom is 0.275 e. The van der Waals surface area contributed by atoms with Crippen LogP contribution in [0.5, 0.6) is 0 Å². The van der Waals surface area contributed by atoms with E-state index < -0.39 is 0 Å². The molecule has 1 amide bonds. The van der Waals surface area contributed by atoms with Crippen LogP contribution in [0.1, 0.15) is 48.4 Å². The quantitative estimate of drug-likeness (QED) is 0.587. The van der Waals surface area contributed by atoms with Crippen LogP contribution in [0.2, 0.25) is 0 Å². The van der Waals surface area contributed by atoms with Crippen LogP contribution in [-0.2, 0) is 13.0 Å². The molecule has 0 fully saturated rings. The highest BCUT2D eigenvalue weighted by Gasteiger charge is 2.20. The van der Waals surface area contributed by atoms with Gasteiger partial charge < -0.3 is 15.0 Å². The predicted molar refractivity (Wildman–Crippen MR) is 121 cm³/mol. The van der Waals surface area contributed by atoms with Gasteiger partial charge in [0.25, 0.3) is 5.91 Å². The Balaban J connectivity index is 1.51. The van der Waals surface area contributed by atoms with Crippen LogP contribution < -0.4 is 5.32 Å². The number of rotatable bonds is 7. The molecule has 3 aromatic rings. The van der Waals surface area contributed by atoms with Crippen LogP contribution in [-0.4, -0.2) is 60.3 Å². The van der Waals surface area contributed by atoms with Crippen LogP contribution in [0.3, 0.4) is 0 Å². The van der Waals surface area contributed by atoms with Gasteiger partial charge in [-0.15, -0.1) is 10.2 Å². The fraction of sp³-hybridized carbons (Fsp3) is 0.435. The van der Waals surface area contributed by atoms with E-state index in [2.05, 4.69) is 44.2 Å². The lowest BCUT2D eigenvalue weighted by molar-refractivity contribution is 0.102. The largest absolute Gasteiger partial charge is 0.394 e. The molecule has 1 aliphatic rings. The fourth-order valence-corrected chi connectivity index (χ4v) is 3.94. The number of amides is 1. The van der Waals surface area contributed by atoms with E-state index in [1.165, 1.54) is 5.56 Å². The van der Waals surface area contributed by atoms with Crippen molar-refractivity contribution >= 4 is 11.7 Å². The van der Waals surface area contributed by atoms with Gasteiger partial charge in [-0.3, -0.25) is 14.7 Å². The smallest absolute Gasteiger partial charge is 0.275 e. The van der Waals surface area contributed by atoms with Crippen LogP contribution in [0.4, 0.5) is 5.82 Å². The van der Waals surface area contributed by atoms with E-state index in [0.717, 1.165) is 31.6 Å². The maximum absolute atomic E-state index is 12.9. The number of hydrogen-bond donors (Lipinski definition) is 2. The van der Waals surface area contributed by atoms with Crippen molar-refractivity contribution in [2.24, 2.45) is 5.92 Å². The summed E-state index contributed by atoms with van der Waals surface area (Å²) in [5.41, 5.74) is 3.30. The summed E-state index contributed by atoms with van der Waals surface area (Å²) in [7, 11) is 0. The van der Waals surface area contributed by atoms with E-state index in [9.17, 15) is 9.90 Å². The number of aliphatic hydroxyl groups is 1. The SMILES string of the molecule is CC(C)CN1CCc2cnc(C(=O)Nc3cccc(-c4nncn4[C@H](C)CO)n3)cc2C1. The second kappa shape index (κ2) is 9.54. The van der Waals surface area contributed by atoms with Crippen molar-refractivity contribution < 1.29 is 9.90 Å². The maximum atomic E-state index is 12.9. The topological polar surface area (TPSA) is 109 Å². The molecule has 1 atom stereocenters. The van der Waals surface area contributed by atoms with E-state index in [4.69, 9.17) is 0 Å². The highest BCUT2D eigenvalue weighted by molar-refractivity contribution is 6.02. The van der Waals surface area contributed by atoms with Crippen LogP contribution in [0.15, 0.2) is 36.8 Å². The Morgan fingerprint density at radius 3 is 2.88 bits per heavy atom. The molecule has 0 spiro atoms. The minimum absolute atomic E-state index is 0.0416. The molecule has 2 N–H and O–H groups in total. The molecule has 0 saturated carbocycles. The van der Waals surface area contributed by atoms with E-state index in [0.29, 0.717) is 28.9 Å². The van der Waals surface area contributed by atoms with Crippen molar-refractivity contribution in [3.05, 3.63) is 53.6 Å². The van der Waals surface area contributed by atoms with Crippen LogP contribution in [0.25, 0.3) is 11.5 Å². The molecule has 4 heterocycles. The molecule has 168 valence electrons. The zero-order valence-electron chi connectivity index (χ0n) is 18.7. The molecule has 0 radical (unpaired) electrons. The van der Waals surface area contributed by atoms with E-state index >= 15 is 0 Å². The summed E-state index contributed by atoms with van der Waals surface area (Å²) in [5, 5.41) is 20.3. The van der Waals surface area contributed by atoms with Gasteiger partial charge in [-0.1, -0.05) is 19.9 Å². The number of pyridine rings is 2. The number of aromatic nitrogens is 5. The summed E-state index contributed by atoms with van der Waals surface area (Å²) in [6.45, 7) is 9.16. The van der Waals surface area contributed by atoms with Gasteiger partial charge in [0.15, 0.2) is 5.82 Å². The fourth-order valence-electron chi connectivity index (χ4n) is 3.94. The molecule has 0 saturated heterocycles. The lowest BCUT2D eigenvalue weighted by atomic mass is 10.00. The monoisotopic (exact) mass is 435 g/mol. The summed E-state index contributed by atoms with van der Waals surface area (Å²) in [6, 6.07) is 7.02. The lowest BCUT2D eigenvalue weighted by Crippen LogP contribution is -2.33. The number of carbonyl (C=O) groups excluding carboxylic acids is 1. The number of carbonyl (C=O) groups is 1. The number of fused-ring (bicyclic) bond motifs is 1. The highest BCUT2D eigenvalue weighted by Crippen LogP contribution is 2.22. The average Bonchev–Trinajstić information content (AvgIpc) is 3.28. The Morgan fingerprint density at radius 1 is 1.25 bits per heavy atom. The minimum Gasteiger partial charge on any atom is -0.394 e. The summed E-state index contributed by atoms with van der Waals surface area (Å²) in [4.78, 5) is 24.2. The van der Waals surface area contributed by atoms with Crippen molar-refractivity contribution in [2.45, 2.75) is 39.8 Å². The third kappa shape index (κ3) is 4.84. The Hall–Kier alpha value is -3.17. The number of aliphatic hydroxyl groups excluding tert-OH is 1. The molecule has 3 aromatic heterocycles. The number of nitrogens with one attached hydrogen (secondary N) is 1. The Labute approximate surface area is 187 Å². The molecule has 9 nitrogen and oxygen atoms in total. The number of anilines is 1. The van der Waals surface area contributed by atoms with Gasteiger partial charge in [-0.25, -0.2) is 4.98 Å². The first-order valence-electron chi connectivity index (χ1n) is 10.9. The second-order valence-electron chi connectivity index (χ2n) is 8.67. The molecule has 9 heteroatoms. The average molecular weight is 436 g/mol. The first kappa shape index (κ1) is 22.0. The highest BCUT2D eigenvalue weighted by atomic mass is 16.3. The third-order valence-corrected chi connectivity index (χ3v) is 5.56. The van der Waals surface area contributed by atoms with Gasteiger partial charge in [-0.2, -0.15) is 0 Å². The molecule has 0 bridgehead atoms. The zero-order chi connectivity index (χ0) is 22.7. The molecule has 4 rings (SSSR count). The van der Waals surface area contributed by atoms with Gasteiger partial charge in [-0.05, 0) is 48.6 Å². The number of nitrogens with zero attached hydrogens (tertiary/aromatic N) is 6. The zero-order valence-corrected chi connectivity index (χ0v) is 18.7. The first-order valence-corrected chi connectivity index (χ1v) is 10.9. The lowest BCUT2D eigenvalue weighted by Gasteiger charge is -2.30. The van der Waals surface area contributed by atoms with E-state index in [1.807, 2.05) is 19.2 Å². The molecule has 32 heavy (non-hydrogen) atoms. The predicted octanol–water partition coefficient (Wildman–Crippen LogP) is 2.55.